The van der Waals surface area contributed by atoms with Crippen LogP contribution in [0.15, 0.2) is 71.6 Å². The molecule has 1 aliphatic rings. The van der Waals surface area contributed by atoms with Crippen molar-refractivity contribution in [3.05, 3.63) is 77.9 Å². The fourth-order valence-electron chi connectivity index (χ4n) is 4.04. The second kappa shape index (κ2) is 10.9. The summed E-state index contributed by atoms with van der Waals surface area (Å²) < 4.78 is 44.6. The molecule has 0 amide bonds. The first-order valence-corrected chi connectivity index (χ1v) is 12.8. The predicted molar refractivity (Wildman–Crippen MR) is 131 cm³/mol. The highest BCUT2D eigenvalue weighted by atomic mass is 32.2. The molecule has 0 spiro atoms. The number of rotatable bonds is 10. The molecule has 1 heterocycles. The Kier molecular flexibility index (Phi) is 7.72. The number of hydrogen-bond donors (Lipinski definition) is 1. The van der Waals surface area contributed by atoms with Crippen LogP contribution in [0.25, 0.3) is 0 Å². The van der Waals surface area contributed by atoms with Gasteiger partial charge in [-0.1, -0.05) is 18.2 Å². The van der Waals surface area contributed by atoms with E-state index < -0.39 is 10.0 Å². The largest absolute Gasteiger partial charge is 0.493 e. The van der Waals surface area contributed by atoms with Crippen LogP contribution in [0.5, 0.6) is 23.0 Å². The number of methoxy groups -OCH3 is 2. The number of para-hydroxylation sites is 1. The van der Waals surface area contributed by atoms with Crippen molar-refractivity contribution < 1.29 is 22.6 Å². The minimum Gasteiger partial charge on any atom is -0.493 e. The van der Waals surface area contributed by atoms with Crippen LogP contribution in [0.4, 0.5) is 0 Å². The number of nitrogens with zero attached hydrogens (tertiary/aromatic N) is 1. The van der Waals surface area contributed by atoms with Gasteiger partial charge in [-0.15, -0.1) is 0 Å². The van der Waals surface area contributed by atoms with Crippen LogP contribution in [-0.4, -0.2) is 47.2 Å². The molecule has 3 aromatic rings. The Bertz CT molecular complexity index is 1200. The molecular weight excluding hydrogens is 452 g/mol. The minimum absolute atomic E-state index is 0.223. The topological polar surface area (TPSA) is 77.1 Å². The fourth-order valence-corrected chi connectivity index (χ4v) is 5.11. The molecule has 0 saturated carbocycles. The Morgan fingerprint density at radius 3 is 2.21 bits per heavy atom. The van der Waals surface area contributed by atoms with E-state index in [1.54, 1.807) is 38.5 Å². The average molecular weight is 483 g/mol. The summed E-state index contributed by atoms with van der Waals surface area (Å²) in [5, 5.41) is 0. The number of hydrogen-bond acceptors (Lipinski definition) is 6. The molecule has 4 rings (SSSR count). The zero-order valence-electron chi connectivity index (χ0n) is 19.5. The Labute approximate surface area is 201 Å². The first-order valence-electron chi connectivity index (χ1n) is 11.3. The number of fused-ring (bicyclic) bond motifs is 1. The second-order valence-electron chi connectivity index (χ2n) is 8.14. The van der Waals surface area contributed by atoms with Crippen molar-refractivity contribution in [2.24, 2.45) is 0 Å². The molecule has 1 aliphatic heterocycles. The molecule has 0 unspecified atom stereocenters. The predicted octanol–water partition coefficient (Wildman–Crippen LogP) is 4.22. The monoisotopic (exact) mass is 482 g/mol. The van der Waals surface area contributed by atoms with Gasteiger partial charge in [0.25, 0.3) is 0 Å². The van der Waals surface area contributed by atoms with E-state index in [2.05, 4.69) is 15.7 Å². The van der Waals surface area contributed by atoms with Gasteiger partial charge in [0.15, 0.2) is 11.5 Å². The lowest BCUT2D eigenvalue weighted by Crippen LogP contribution is -2.33. The molecule has 0 aliphatic carbocycles. The highest BCUT2D eigenvalue weighted by Gasteiger charge is 2.20. The van der Waals surface area contributed by atoms with E-state index in [1.165, 1.54) is 11.1 Å². The van der Waals surface area contributed by atoms with E-state index >= 15 is 0 Å². The molecule has 7 nitrogen and oxygen atoms in total. The van der Waals surface area contributed by atoms with Crippen molar-refractivity contribution >= 4 is 10.0 Å². The summed E-state index contributed by atoms with van der Waals surface area (Å²) in [4.78, 5) is 2.55. The SMILES string of the molecule is COc1cc2c(cc1OC)CN(CCCNS(=O)(=O)c1ccc(Oc3ccccc3)cc1)CC2. The maximum absolute atomic E-state index is 12.7. The maximum atomic E-state index is 12.7. The number of benzene rings is 3. The highest BCUT2D eigenvalue weighted by Crippen LogP contribution is 2.33. The third kappa shape index (κ3) is 5.88. The normalized spacial score (nSPS) is 13.8. The van der Waals surface area contributed by atoms with E-state index in [-0.39, 0.29) is 4.90 Å². The Morgan fingerprint density at radius 1 is 0.882 bits per heavy atom. The quantitative estimate of drug-likeness (QED) is 0.436. The van der Waals surface area contributed by atoms with E-state index in [4.69, 9.17) is 14.2 Å². The molecule has 0 saturated heterocycles. The standard InChI is InChI=1S/C26H30N2O5S/c1-31-25-17-20-13-16-28(19-21(20)18-26(25)32-2)15-6-14-27-34(29,30)24-11-9-23(10-12-24)33-22-7-4-3-5-8-22/h3-5,7-12,17-18,27H,6,13-16,19H2,1-2H3. The smallest absolute Gasteiger partial charge is 0.240 e. The van der Waals surface area contributed by atoms with Crippen LogP contribution in [0, 0.1) is 0 Å². The Balaban J connectivity index is 1.26. The Hall–Kier alpha value is -3.07. The van der Waals surface area contributed by atoms with E-state index in [9.17, 15) is 8.42 Å². The van der Waals surface area contributed by atoms with Crippen molar-refractivity contribution in [3.8, 4) is 23.0 Å². The summed E-state index contributed by atoms with van der Waals surface area (Å²) in [6.07, 6.45) is 1.65. The van der Waals surface area contributed by atoms with E-state index in [0.29, 0.717) is 18.0 Å². The van der Waals surface area contributed by atoms with Gasteiger partial charge in [0, 0.05) is 19.6 Å². The van der Waals surface area contributed by atoms with E-state index in [0.717, 1.165) is 44.0 Å². The molecule has 1 N–H and O–H groups in total. The molecule has 0 bridgehead atoms. The highest BCUT2D eigenvalue weighted by molar-refractivity contribution is 7.89. The van der Waals surface area contributed by atoms with Gasteiger partial charge in [-0.05, 0) is 79.0 Å². The summed E-state index contributed by atoms with van der Waals surface area (Å²) in [7, 11) is -0.287. The summed E-state index contributed by atoms with van der Waals surface area (Å²) in [5.41, 5.74) is 2.50. The molecular formula is C26H30N2O5S. The lowest BCUT2D eigenvalue weighted by Gasteiger charge is -2.29. The van der Waals surface area contributed by atoms with Gasteiger partial charge in [-0.2, -0.15) is 0 Å². The van der Waals surface area contributed by atoms with Crippen molar-refractivity contribution in [1.82, 2.24) is 9.62 Å². The molecule has 0 aromatic heterocycles. The van der Waals surface area contributed by atoms with Gasteiger partial charge in [0.1, 0.15) is 11.5 Å². The van der Waals surface area contributed by atoms with Crippen LogP contribution < -0.4 is 18.9 Å². The maximum Gasteiger partial charge on any atom is 0.240 e. The summed E-state index contributed by atoms with van der Waals surface area (Å²) >= 11 is 0. The lowest BCUT2D eigenvalue weighted by molar-refractivity contribution is 0.250. The summed E-state index contributed by atoms with van der Waals surface area (Å²) in [6.45, 7) is 2.92. The first-order chi connectivity index (χ1) is 16.5. The van der Waals surface area contributed by atoms with Crippen molar-refractivity contribution in [3.63, 3.8) is 0 Å². The van der Waals surface area contributed by atoms with Crippen LogP contribution in [-0.2, 0) is 23.0 Å². The van der Waals surface area contributed by atoms with Gasteiger partial charge in [0.05, 0.1) is 19.1 Å². The minimum atomic E-state index is -3.57. The van der Waals surface area contributed by atoms with Gasteiger partial charge < -0.3 is 14.2 Å². The van der Waals surface area contributed by atoms with Crippen LogP contribution in [0.3, 0.4) is 0 Å². The number of nitrogens with one attached hydrogen (secondary N) is 1. The van der Waals surface area contributed by atoms with Crippen molar-refractivity contribution in [1.29, 1.82) is 0 Å². The van der Waals surface area contributed by atoms with E-state index in [1.807, 2.05) is 36.4 Å². The molecule has 8 heteroatoms. The number of ether oxygens (including phenoxy) is 3. The lowest BCUT2D eigenvalue weighted by atomic mass is 9.98. The van der Waals surface area contributed by atoms with Crippen LogP contribution in [0.2, 0.25) is 0 Å². The third-order valence-corrected chi connectivity index (χ3v) is 7.33. The van der Waals surface area contributed by atoms with Gasteiger partial charge >= 0.3 is 0 Å². The van der Waals surface area contributed by atoms with Crippen LogP contribution >= 0.6 is 0 Å². The molecule has 3 aromatic carbocycles. The number of sulfonamides is 1. The molecule has 0 fully saturated rings. The molecule has 0 atom stereocenters. The zero-order valence-corrected chi connectivity index (χ0v) is 20.3. The van der Waals surface area contributed by atoms with Crippen LogP contribution in [0.1, 0.15) is 17.5 Å². The second-order valence-corrected chi connectivity index (χ2v) is 9.91. The van der Waals surface area contributed by atoms with Crippen molar-refractivity contribution in [2.75, 3.05) is 33.9 Å². The zero-order chi connectivity index (χ0) is 24.0. The first kappa shape index (κ1) is 24.1. The molecule has 180 valence electrons. The summed E-state index contributed by atoms with van der Waals surface area (Å²) in [6, 6.07) is 19.9. The average Bonchev–Trinajstić information content (AvgIpc) is 2.86. The van der Waals surface area contributed by atoms with Gasteiger partial charge in [0.2, 0.25) is 10.0 Å². The van der Waals surface area contributed by atoms with Crippen molar-refractivity contribution in [2.45, 2.75) is 24.3 Å². The molecule has 34 heavy (non-hydrogen) atoms. The third-order valence-electron chi connectivity index (χ3n) is 5.85. The summed E-state index contributed by atoms with van der Waals surface area (Å²) in [5.74, 6) is 2.78. The van der Waals surface area contributed by atoms with Gasteiger partial charge in [-0.3, -0.25) is 4.90 Å². The molecule has 0 radical (unpaired) electrons. The van der Waals surface area contributed by atoms with Gasteiger partial charge in [-0.25, -0.2) is 13.1 Å². The fraction of sp³-hybridized carbons (Fsp3) is 0.308. The Morgan fingerprint density at radius 2 is 1.53 bits per heavy atom.